The molecule has 0 radical (unpaired) electrons. The van der Waals surface area contributed by atoms with Crippen molar-refractivity contribution in [3.8, 4) is 11.3 Å². The van der Waals surface area contributed by atoms with Crippen molar-refractivity contribution < 1.29 is 28.5 Å². The van der Waals surface area contributed by atoms with Crippen LogP contribution in [0.5, 0.6) is 0 Å². The molecule has 0 spiro atoms. The minimum absolute atomic E-state index is 0.0689. The molecule has 9 heteroatoms. The van der Waals surface area contributed by atoms with Crippen LogP contribution in [0.3, 0.4) is 0 Å². The topological polar surface area (TPSA) is 105 Å². The minimum atomic E-state index is -1.05. The normalized spacial score (nSPS) is 22.2. The van der Waals surface area contributed by atoms with Gasteiger partial charge in [0, 0.05) is 6.54 Å². The fraction of sp³-hybridized carbons (Fsp3) is 0.522. The summed E-state index contributed by atoms with van der Waals surface area (Å²) in [6.45, 7) is 5.09. The molecule has 3 N–H and O–H groups in total. The van der Waals surface area contributed by atoms with Crippen LogP contribution in [0.15, 0.2) is 24.3 Å². The van der Waals surface area contributed by atoms with E-state index in [9.17, 15) is 18.7 Å². The van der Waals surface area contributed by atoms with Crippen LogP contribution in [-0.2, 0) is 15.1 Å². The lowest BCUT2D eigenvalue weighted by molar-refractivity contribution is -0.151. The lowest BCUT2D eigenvalue weighted by atomic mass is 9.78. The SMILES string of the molecule is CC[C@@H](O[C@@]1(C)CC[C@H](C)c2cc(-c3c(F)cccc3F)nnc21)C(=O)NC[C@@H](O)CO. The maximum absolute atomic E-state index is 14.3. The van der Waals surface area contributed by atoms with Crippen LogP contribution in [0.4, 0.5) is 8.78 Å². The average Bonchev–Trinajstić information content (AvgIpc) is 2.78. The highest BCUT2D eigenvalue weighted by molar-refractivity contribution is 5.80. The van der Waals surface area contributed by atoms with Crippen LogP contribution in [-0.4, -0.2) is 51.7 Å². The van der Waals surface area contributed by atoms with Crippen LogP contribution >= 0.6 is 0 Å². The number of aliphatic hydroxyl groups excluding tert-OH is 2. The van der Waals surface area contributed by atoms with Crippen molar-refractivity contribution in [3.05, 3.63) is 47.2 Å². The summed E-state index contributed by atoms with van der Waals surface area (Å²) >= 11 is 0. The summed E-state index contributed by atoms with van der Waals surface area (Å²) in [6, 6.07) is 5.29. The molecule has 4 atom stereocenters. The zero-order valence-electron chi connectivity index (χ0n) is 18.4. The van der Waals surface area contributed by atoms with Crippen LogP contribution < -0.4 is 5.32 Å². The van der Waals surface area contributed by atoms with Gasteiger partial charge < -0.3 is 20.3 Å². The number of hydrogen-bond donors (Lipinski definition) is 3. The van der Waals surface area contributed by atoms with Gasteiger partial charge in [-0.15, -0.1) is 5.10 Å². The van der Waals surface area contributed by atoms with Crippen molar-refractivity contribution in [2.75, 3.05) is 13.2 Å². The number of ether oxygens (including phenoxy) is 1. The van der Waals surface area contributed by atoms with Crippen LogP contribution in [0.25, 0.3) is 11.3 Å². The highest BCUT2D eigenvalue weighted by Crippen LogP contribution is 2.44. The fourth-order valence-electron chi connectivity index (χ4n) is 3.97. The predicted molar refractivity (Wildman–Crippen MR) is 114 cm³/mol. The molecule has 174 valence electrons. The Hall–Kier alpha value is -2.49. The van der Waals surface area contributed by atoms with E-state index in [0.29, 0.717) is 18.5 Å². The molecule has 1 aliphatic carbocycles. The van der Waals surface area contributed by atoms with Crippen LogP contribution in [0.2, 0.25) is 0 Å². The third kappa shape index (κ3) is 4.95. The molecule has 7 nitrogen and oxygen atoms in total. The summed E-state index contributed by atoms with van der Waals surface area (Å²) in [6.07, 6.45) is -0.154. The zero-order valence-corrected chi connectivity index (χ0v) is 18.4. The van der Waals surface area contributed by atoms with Crippen molar-refractivity contribution in [2.45, 2.75) is 63.8 Å². The third-order valence-corrected chi connectivity index (χ3v) is 5.92. The lowest BCUT2D eigenvalue weighted by Crippen LogP contribution is -2.45. The summed E-state index contributed by atoms with van der Waals surface area (Å²) in [4.78, 5) is 12.6. The molecule has 1 aromatic carbocycles. The van der Waals surface area contributed by atoms with Crippen molar-refractivity contribution in [3.63, 3.8) is 0 Å². The first-order chi connectivity index (χ1) is 15.2. The van der Waals surface area contributed by atoms with Gasteiger partial charge in [-0.05, 0) is 55.9 Å². The number of nitrogens with zero attached hydrogens (tertiary/aromatic N) is 2. The van der Waals surface area contributed by atoms with E-state index in [0.717, 1.165) is 12.0 Å². The number of fused-ring (bicyclic) bond motifs is 1. The van der Waals surface area contributed by atoms with Gasteiger partial charge in [0.15, 0.2) is 0 Å². The smallest absolute Gasteiger partial charge is 0.249 e. The number of halogens is 2. The van der Waals surface area contributed by atoms with E-state index >= 15 is 0 Å². The van der Waals surface area contributed by atoms with Crippen molar-refractivity contribution in [1.29, 1.82) is 0 Å². The number of amides is 1. The summed E-state index contributed by atoms with van der Waals surface area (Å²) in [5.41, 5.74) is 0.278. The summed E-state index contributed by atoms with van der Waals surface area (Å²) < 4.78 is 34.8. The molecule has 32 heavy (non-hydrogen) atoms. The molecule has 0 saturated carbocycles. The Kier molecular flexibility index (Phi) is 7.53. The molecular weight excluding hydrogens is 420 g/mol. The van der Waals surface area contributed by atoms with E-state index in [4.69, 9.17) is 9.84 Å². The van der Waals surface area contributed by atoms with Crippen LogP contribution in [0.1, 0.15) is 57.2 Å². The minimum Gasteiger partial charge on any atom is -0.394 e. The number of nitrogens with one attached hydrogen (secondary N) is 1. The van der Waals surface area contributed by atoms with E-state index in [2.05, 4.69) is 15.5 Å². The first-order valence-corrected chi connectivity index (χ1v) is 10.8. The number of benzene rings is 1. The van der Waals surface area contributed by atoms with Crippen molar-refractivity contribution in [1.82, 2.24) is 15.5 Å². The van der Waals surface area contributed by atoms with Crippen molar-refractivity contribution >= 4 is 5.91 Å². The Morgan fingerprint density at radius 2 is 2.03 bits per heavy atom. The van der Waals surface area contributed by atoms with Gasteiger partial charge in [-0.2, -0.15) is 5.10 Å². The first-order valence-electron chi connectivity index (χ1n) is 10.8. The van der Waals surface area contributed by atoms with E-state index in [1.165, 1.54) is 18.2 Å². The summed E-state index contributed by atoms with van der Waals surface area (Å²) in [5, 5.41) is 29.4. The Balaban J connectivity index is 1.90. The van der Waals surface area contributed by atoms with E-state index < -0.39 is 42.0 Å². The second-order valence-corrected chi connectivity index (χ2v) is 8.40. The number of carbonyl (C=O) groups excluding carboxylic acids is 1. The van der Waals surface area contributed by atoms with E-state index in [1.54, 1.807) is 13.0 Å². The second-order valence-electron chi connectivity index (χ2n) is 8.40. The molecule has 0 fully saturated rings. The zero-order chi connectivity index (χ0) is 23.5. The fourth-order valence-corrected chi connectivity index (χ4v) is 3.97. The van der Waals surface area contributed by atoms with Gasteiger partial charge in [0.1, 0.15) is 23.3 Å². The quantitative estimate of drug-likeness (QED) is 0.573. The molecular formula is C23H29F2N3O4. The average molecular weight is 449 g/mol. The van der Waals surface area contributed by atoms with Gasteiger partial charge in [-0.1, -0.05) is 19.9 Å². The number of carbonyl (C=O) groups is 1. The molecule has 1 aliphatic rings. The Morgan fingerprint density at radius 1 is 1.34 bits per heavy atom. The molecule has 2 aromatic rings. The van der Waals surface area contributed by atoms with Gasteiger partial charge in [0.25, 0.3) is 0 Å². The Bertz CT molecular complexity index is 954. The van der Waals surface area contributed by atoms with Gasteiger partial charge in [0.05, 0.1) is 29.7 Å². The van der Waals surface area contributed by atoms with Gasteiger partial charge >= 0.3 is 0 Å². The first kappa shape index (κ1) is 24.2. The molecule has 0 bridgehead atoms. The third-order valence-electron chi connectivity index (χ3n) is 5.92. The summed E-state index contributed by atoms with van der Waals surface area (Å²) in [7, 11) is 0. The number of hydrogen-bond acceptors (Lipinski definition) is 6. The number of aliphatic hydroxyl groups is 2. The van der Waals surface area contributed by atoms with Crippen LogP contribution in [0, 0.1) is 11.6 Å². The lowest BCUT2D eigenvalue weighted by Gasteiger charge is -2.39. The largest absolute Gasteiger partial charge is 0.394 e. The molecule has 0 unspecified atom stereocenters. The Morgan fingerprint density at radius 3 is 2.66 bits per heavy atom. The molecule has 0 aliphatic heterocycles. The van der Waals surface area contributed by atoms with Gasteiger partial charge in [-0.3, -0.25) is 4.79 Å². The molecule has 1 aromatic heterocycles. The highest BCUT2D eigenvalue weighted by atomic mass is 19.1. The number of aromatic nitrogens is 2. The number of rotatable bonds is 8. The van der Waals surface area contributed by atoms with Gasteiger partial charge in [0.2, 0.25) is 5.91 Å². The standard InChI is InChI=1S/C23H29F2N3O4/c1-4-19(22(31)26-11-14(30)12-29)32-23(3)9-8-13(2)15-10-18(27-28-21(15)23)20-16(24)6-5-7-17(20)25/h5-7,10,13-14,19,29-30H,4,8-9,11-12H2,1-3H3,(H,26,31)/t13-,14+,19+,23-/m0/s1. The monoisotopic (exact) mass is 449 g/mol. The van der Waals surface area contributed by atoms with E-state index in [1.807, 2.05) is 13.8 Å². The predicted octanol–water partition coefficient (Wildman–Crippen LogP) is 2.80. The highest BCUT2D eigenvalue weighted by Gasteiger charge is 2.41. The van der Waals surface area contributed by atoms with Crippen molar-refractivity contribution in [2.24, 2.45) is 0 Å². The van der Waals surface area contributed by atoms with E-state index in [-0.39, 0.29) is 23.7 Å². The second kappa shape index (κ2) is 9.97. The molecule has 1 amide bonds. The Labute approximate surface area is 185 Å². The molecule has 0 saturated heterocycles. The van der Waals surface area contributed by atoms with Gasteiger partial charge in [-0.25, -0.2) is 8.78 Å². The molecule has 1 heterocycles. The maximum Gasteiger partial charge on any atom is 0.249 e. The molecule has 3 rings (SSSR count). The summed E-state index contributed by atoms with van der Waals surface area (Å²) in [5.74, 6) is -1.76. The maximum atomic E-state index is 14.3.